The molecule has 2 aromatic heterocycles. The molecule has 0 aliphatic heterocycles. The van der Waals surface area contributed by atoms with Gasteiger partial charge in [-0.1, -0.05) is 17.8 Å². The van der Waals surface area contributed by atoms with Crippen molar-refractivity contribution >= 4 is 45.9 Å². The average Bonchev–Trinajstić information content (AvgIpc) is 3.39. The van der Waals surface area contributed by atoms with Gasteiger partial charge in [0.2, 0.25) is 5.91 Å². The second-order valence-electron chi connectivity index (χ2n) is 8.54. The Balaban J connectivity index is 1.70. The van der Waals surface area contributed by atoms with Crippen LogP contribution in [-0.2, 0) is 22.7 Å². The van der Waals surface area contributed by atoms with Gasteiger partial charge in [0.05, 0.1) is 23.3 Å². The number of amides is 2. The summed E-state index contributed by atoms with van der Waals surface area (Å²) in [6, 6.07) is 6.01. The van der Waals surface area contributed by atoms with Gasteiger partial charge in [0.25, 0.3) is 5.91 Å². The van der Waals surface area contributed by atoms with E-state index in [-0.39, 0.29) is 34.7 Å². The number of thiophene rings is 1. The number of ether oxygens (including phenoxy) is 2. The molecular formula is C25H31N5O5S2. The SMILES string of the molecule is CCn1c(COc2cc(C)cc(C)c2)nnc1SCC(=O)Nc1sc(C(=O)N(C)C)c(C)c1C(=O)OC. The van der Waals surface area contributed by atoms with Crippen LogP contribution in [-0.4, -0.2) is 64.4 Å². The molecule has 0 atom stereocenters. The lowest BCUT2D eigenvalue weighted by atomic mass is 10.1. The van der Waals surface area contributed by atoms with E-state index in [2.05, 4.69) is 21.6 Å². The van der Waals surface area contributed by atoms with Crippen molar-refractivity contribution in [3.05, 3.63) is 51.2 Å². The Morgan fingerprint density at radius 1 is 1.11 bits per heavy atom. The van der Waals surface area contributed by atoms with E-state index in [0.717, 1.165) is 28.2 Å². The quantitative estimate of drug-likeness (QED) is 0.299. The Labute approximate surface area is 224 Å². The van der Waals surface area contributed by atoms with Crippen molar-refractivity contribution in [3.63, 3.8) is 0 Å². The molecule has 1 aromatic carbocycles. The molecule has 37 heavy (non-hydrogen) atoms. The van der Waals surface area contributed by atoms with Crippen molar-refractivity contribution < 1.29 is 23.9 Å². The number of methoxy groups -OCH3 is 1. The lowest BCUT2D eigenvalue weighted by Crippen LogP contribution is -2.21. The summed E-state index contributed by atoms with van der Waals surface area (Å²) >= 11 is 2.28. The highest BCUT2D eigenvalue weighted by molar-refractivity contribution is 7.99. The zero-order valence-corrected chi connectivity index (χ0v) is 23.6. The second kappa shape index (κ2) is 12.2. The molecule has 198 valence electrons. The molecule has 3 rings (SSSR count). The van der Waals surface area contributed by atoms with Crippen molar-refractivity contribution in [1.82, 2.24) is 19.7 Å². The molecule has 2 amide bonds. The smallest absolute Gasteiger partial charge is 0.341 e. The number of esters is 1. The van der Waals surface area contributed by atoms with Crippen molar-refractivity contribution in [2.75, 3.05) is 32.3 Å². The molecule has 0 radical (unpaired) electrons. The molecule has 1 N–H and O–H groups in total. The molecule has 0 unspecified atom stereocenters. The van der Waals surface area contributed by atoms with Crippen LogP contribution in [0.3, 0.4) is 0 Å². The van der Waals surface area contributed by atoms with Crippen LogP contribution >= 0.6 is 23.1 Å². The van der Waals surface area contributed by atoms with Crippen molar-refractivity contribution in [2.45, 2.75) is 46.0 Å². The summed E-state index contributed by atoms with van der Waals surface area (Å²) in [5, 5.41) is 12.1. The van der Waals surface area contributed by atoms with Crippen LogP contribution in [0.2, 0.25) is 0 Å². The van der Waals surface area contributed by atoms with E-state index < -0.39 is 5.97 Å². The number of benzene rings is 1. The van der Waals surface area contributed by atoms with Gasteiger partial charge in [0.1, 0.15) is 17.4 Å². The summed E-state index contributed by atoms with van der Waals surface area (Å²) in [5.41, 5.74) is 2.88. The Hall–Kier alpha value is -3.38. The molecule has 0 aliphatic carbocycles. The number of aryl methyl sites for hydroxylation is 2. The molecule has 12 heteroatoms. The number of aromatic nitrogens is 3. The molecule has 0 fully saturated rings. The number of hydrogen-bond donors (Lipinski definition) is 1. The number of anilines is 1. The van der Waals surface area contributed by atoms with E-state index in [9.17, 15) is 14.4 Å². The fourth-order valence-electron chi connectivity index (χ4n) is 3.66. The second-order valence-corrected chi connectivity index (χ2v) is 10.5. The molecule has 2 heterocycles. The number of thioether (sulfide) groups is 1. The zero-order chi connectivity index (χ0) is 27.3. The predicted molar refractivity (Wildman–Crippen MR) is 144 cm³/mol. The van der Waals surface area contributed by atoms with Gasteiger partial charge in [-0.2, -0.15) is 0 Å². The minimum atomic E-state index is -0.617. The van der Waals surface area contributed by atoms with Gasteiger partial charge in [-0.25, -0.2) is 4.79 Å². The van der Waals surface area contributed by atoms with E-state index in [1.807, 2.05) is 37.5 Å². The lowest BCUT2D eigenvalue weighted by molar-refractivity contribution is -0.113. The van der Waals surface area contributed by atoms with E-state index in [4.69, 9.17) is 9.47 Å². The maximum atomic E-state index is 12.8. The summed E-state index contributed by atoms with van der Waals surface area (Å²) in [6.45, 7) is 8.51. The predicted octanol–water partition coefficient (Wildman–Crippen LogP) is 4.08. The summed E-state index contributed by atoms with van der Waals surface area (Å²) in [7, 11) is 4.51. The zero-order valence-electron chi connectivity index (χ0n) is 22.0. The van der Waals surface area contributed by atoms with E-state index in [1.165, 1.54) is 23.8 Å². The molecular weight excluding hydrogens is 514 g/mol. The van der Waals surface area contributed by atoms with Gasteiger partial charge in [0, 0.05) is 20.6 Å². The first kappa shape index (κ1) is 28.2. The van der Waals surface area contributed by atoms with Crippen LogP contribution < -0.4 is 10.1 Å². The highest BCUT2D eigenvalue weighted by Crippen LogP contribution is 2.34. The Morgan fingerprint density at radius 2 is 1.78 bits per heavy atom. The third-order valence-electron chi connectivity index (χ3n) is 5.39. The molecule has 0 bridgehead atoms. The van der Waals surface area contributed by atoms with Crippen LogP contribution in [0, 0.1) is 20.8 Å². The molecule has 0 saturated carbocycles. The summed E-state index contributed by atoms with van der Waals surface area (Å²) in [4.78, 5) is 39.5. The minimum absolute atomic E-state index is 0.0323. The fourth-order valence-corrected chi connectivity index (χ4v) is 5.72. The standard InChI is InChI=1S/C25H31N5O5S2/c1-8-30-18(12-35-17-10-14(2)9-15(3)11-17)27-28-25(30)36-13-19(31)26-22-20(24(33)34-7)16(4)21(37-22)23(32)29(5)6/h9-11H,8,12-13H2,1-7H3,(H,26,31). The first-order valence-electron chi connectivity index (χ1n) is 11.5. The molecule has 0 spiro atoms. The fraction of sp³-hybridized carbons (Fsp3) is 0.400. The average molecular weight is 546 g/mol. The number of carbonyl (C=O) groups is 3. The first-order valence-corrected chi connectivity index (χ1v) is 13.3. The van der Waals surface area contributed by atoms with E-state index >= 15 is 0 Å². The topological polar surface area (TPSA) is 116 Å². The van der Waals surface area contributed by atoms with Gasteiger partial charge < -0.3 is 24.3 Å². The van der Waals surface area contributed by atoms with Crippen LogP contribution in [0.1, 0.15) is 49.5 Å². The van der Waals surface area contributed by atoms with Crippen molar-refractivity contribution in [2.24, 2.45) is 0 Å². The van der Waals surface area contributed by atoms with Gasteiger partial charge in [-0.3, -0.25) is 9.59 Å². The maximum absolute atomic E-state index is 12.8. The summed E-state index contributed by atoms with van der Waals surface area (Å²) < 4.78 is 12.7. The number of nitrogens with zero attached hydrogens (tertiary/aromatic N) is 4. The number of nitrogens with one attached hydrogen (secondary N) is 1. The summed E-state index contributed by atoms with van der Waals surface area (Å²) in [5.74, 6) is 0.224. The van der Waals surface area contributed by atoms with E-state index in [0.29, 0.717) is 28.0 Å². The Morgan fingerprint density at radius 3 is 2.38 bits per heavy atom. The van der Waals surface area contributed by atoms with Crippen LogP contribution in [0.25, 0.3) is 0 Å². The Bertz CT molecular complexity index is 1290. The summed E-state index contributed by atoms with van der Waals surface area (Å²) in [6.07, 6.45) is 0. The number of carbonyl (C=O) groups excluding carboxylic acids is 3. The molecule has 0 aliphatic rings. The highest BCUT2D eigenvalue weighted by atomic mass is 32.2. The monoisotopic (exact) mass is 545 g/mol. The lowest BCUT2D eigenvalue weighted by Gasteiger charge is -2.10. The van der Waals surface area contributed by atoms with Gasteiger partial charge in [-0.15, -0.1) is 21.5 Å². The number of rotatable bonds is 10. The van der Waals surface area contributed by atoms with Crippen LogP contribution in [0.5, 0.6) is 5.75 Å². The van der Waals surface area contributed by atoms with Crippen molar-refractivity contribution in [1.29, 1.82) is 0 Å². The first-order chi connectivity index (χ1) is 17.5. The van der Waals surface area contributed by atoms with Crippen LogP contribution in [0.4, 0.5) is 5.00 Å². The third-order valence-corrected chi connectivity index (χ3v) is 7.56. The third kappa shape index (κ3) is 6.69. The Kier molecular flexibility index (Phi) is 9.33. The van der Waals surface area contributed by atoms with Gasteiger partial charge in [0.15, 0.2) is 11.0 Å². The van der Waals surface area contributed by atoms with E-state index in [1.54, 1.807) is 21.0 Å². The maximum Gasteiger partial charge on any atom is 0.341 e. The normalized spacial score (nSPS) is 10.8. The van der Waals surface area contributed by atoms with Gasteiger partial charge >= 0.3 is 5.97 Å². The highest BCUT2D eigenvalue weighted by Gasteiger charge is 2.27. The molecule has 3 aromatic rings. The minimum Gasteiger partial charge on any atom is -0.486 e. The molecule has 10 nitrogen and oxygen atoms in total. The number of hydrogen-bond acceptors (Lipinski definition) is 9. The molecule has 0 saturated heterocycles. The van der Waals surface area contributed by atoms with Crippen molar-refractivity contribution in [3.8, 4) is 5.75 Å². The van der Waals surface area contributed by atoms with Gasteiger partial charge in [-0.05, 0) is 56.5 Å². The van der Waals surface area contributed by atoms with Crippen LogP contribution in [0.15, 0.2) is 23.4 Å². The largest absolute Gasteiger partial charge is 0.486 e.